The Morgan fingerprint density at radius 3 is 2.39 bits per heavy atom. The Morgan fingerprint density at radius 1 is 1.14 bits per heavy atom. The Morgan fingerprint density at radius 2 is 1.78 bits per heavy atom. The van der Waals surface area contributed by atoms with Crippen LogP contribution in [0.3, 0.4) is 0 Å². The Hall–Kier alpha value is -2.17. The topological polar surface area (TPSA) is 90.0 Å². The molecule has 0 unspecified atom stereocenters. The van der Waals surface area contributed by atoms with Crippen LogP contribution in [0, 0.1) is 11.8 Å². The second-order valence-electron chi connectivity index (χ2n) is 9.13. The zero-order valence-corrected chi connectivity index (χ0v) is 21.4. The van der Waals surface area contributed by atoms with Gasteiger partial charge >= 0.3 is 5.97 Å². The van der Waals surface area contributed by atoms with Gasteiger partial charge in [0.05, 0.1) is 28.2 Å². The molecule has 0 bridgehead atoms. The van der Waals surface area contributed by atoms with Gasteiger partial charge in [-0.1, -0.05) is 52.5 Å². The SMILES string of the molecule is CN(C(=O)[C@H]1[C@H]2CC(F)(F)CN2[C@]2(C(=O)Nc3c2ccc(Cl)c3Cl)[C@H]1C(=O)O)c1cc(Cl)cc(Cl)c1. The molecule has 36 heavy (non-hydrogen) atoms. The van der Waals surface area contributed by atoms with Crippen LogP contribution in [-0.4, -0.2) is 53.3 Å². The number of carboxylic acids is 1. The largest absolute Gasteiger partial charge is 0.481 e. The molecule has 1 spiro atoms. The van der Waals surface area contributed by atoms with Gasteiger partial charge in [-0.2, -0.15) is 0 Å². The van der Waals surface area contributed by atoms with Crippen LogP contribution in [0.2, 0.25) is 20.1 Å². The summed E-state index contributed by atoms with van der Waals surface area (Å²) in [5, 5.41) is 13.4. The number of hydrogen-bond donors (Lipinski definition) is 2. The molecule has 4 atom stereocenters. The first-order valence-corrected chi connectivity index (χ1v) is 12.2. The summed E-state index contributed by atoms with van der Waals surface area (Å²) in [7, 11) is 1.37. The maximum absolute atomic E-state index is 14.8. The number of nitrogens with one attached hydrogen (secondary N) is 1. The van der Waals surface area contributed by atoms with Gasteiger partial charge in [0.15, 0.2) is 0 Å². The molecular formula is C23H17Cl4F2N3O4. The van der Waals surface area contributed by atoms with E-state index in [1.54, 1.807) is 0 Å². The standard InChI is InChI=1S/C23H17Cl4F2N3O4/c1-31(11-5-9(24)4-10(25)6-11)19(33)15-14-7-22(28,29)8-32(14)23(16(15)20(34)35)12-2-3-13(26)17(27)18(12)30-21(23)36/h2-6,14-16H,7-8H2,1H3,(H,30,36)(H,34,35)/t14-,15+,16-,23+/m1/s1. The average Bonchev–Trinajstić information content (AvgIpc) is 3.35. The minimum Gasteiger partial charge on any atom is -0.481 e. The summed E-state index contributed by atoms with van der Waals surface area (Å²) in [5.41, 5.74) is -1.74. The van der Waals surface area contributed by atoms with Gasteiger partial charge < -0.3 is 15.3 Å². The molecule has 190 valence electrons. The van der Waals surface area contributed by atoms with E-state index in [9.17, 15) is 28.3 Å². The van der Waals surface area contributed by atoms with Crippen LogP contribution < -0.4 is 10.2 Å². The zero-order chi connectivity index (χ0) is 26.3. The van der Waals surface area contributed by atoms with E-state index in [1.165, 1.54) is 37.4 Å². The van der Waals surface area contributed by atoms with E-state index in [1.807, 2.05) is 0 Å². The molecule has 0 radical (unpaired) electrons. The molecule has 2 aromatic rings. The molecule has 2 aromatic carbocycles. The van der Waals surface area contributed by atoms with Crippen molar-refractivity contribution in [2.24, 2.45) is 11.8 Å². The first-order chi connectivity index (χ1) is 16.8. The molecule has 2 fully saturated rings. The van der Waals surface area contributed by atoms with Crippen LogP contribution >= 0.6 is 46.4 Å². The summed E-state index contributed by atoms with van der Waals surface area (Å²) in [4.78, 5) is 42.4. The van der Waals surface area contributed by atoms with Crippen molar-refractivity contribution in [3.8, 4) is 0 Å². The van der Waals surface area contributed by atoms with Gasteiger partial charge in [0.2, 0.25) is 5.91 Å². The second-order valence-corrected chi connectivity index (χ2v) is 10.8. The van der Waals surface area contributed by atoms with Crippen molar-refractivity contribution >= 4 is 75.6 Å². The van der Waals surface area contributed by atoms with Crippen molar-refractivity contribution in [2.75, 3.05) is 23.8 Å². The van der Waals surface area contributed by atoms with Gasteiger partial charge in [-0.25, -0.2) is 8.78 Å². The number of amides is 2. The molecule has 0 aliphatic carbocycles. The predicted molar refractivity (Wildman–Crippen MR) is 131 cm³/mol. The maximum atomic E-state index is 14.8. The summed E-state index contributed by atoms with van der Waals surface area (Å²) in [5.74, 6) is -9.60. The summed E-state index contributed by atoms with van der Waals surface area (Å²) in [6, 6.07) is 5.82. The number of fused-ring (bicyclic) bond motifs is 4. The van der Waals surface area contributed by atoms with E-state index in [2.05, 4.69) is 5.32 Å². The third kappa shape index (κ3) is 3.51. The number of halogens is 6. The molecule has 5 rings (SSSR count). The molecular weight excluding hydrogens is 562 g/mol. The van der Waals surface area contributed by atoms with Crippen molar-refractivity contribution in [3.05, 3.63) is 56.0 Å². The summed E-state index contributed by atoms with van der Waals surface area (Å²) in [6.45, 7) is -0.912. The molecule has 7 nitrogen and oxygen atoms in total. The van der Waals surface area contributed by atoms with Crippen molar-refractivity contribution in [1.29, 1.82) is 0 Å². The molecule has 2 N–H and O–H groups in total. The van der Waals surface area contributed by atoms with E-state index >= 15 is 0 Å². The van der Waals surface area contributed by atoms with E-state index in [-0.39, 0.29) is 37.0 Å². The number of benzene rings is 2. The molecule has 13 heteroatoms. The van der Waals surface area contributed by atoms with Crippen LogP contribution in [0.15, 0.2) is 30.3 Å². The second kappa shape index (κ2) is 8.43. The highest BCUT2D eigenvalue weighted by Gasteiger charge is 2.74. The maximum Gasteiger partial charge on any atom is 0.310 e. The van der Waals surface area contributed by atoms with Gasteiger partial charge in [-0.3, -0.25) is 19.3 Å². The highest BCUT2D eigenvalue weighted by molar-refractivity contribution is 6.44. The third-order valence-electron chi connectivity index (χ3n) is 7.19. The van der Waals surface area contributed by atoms with Crippen LogP contribution in [0.5, 0.6) is 0 Å². The highest BCUT2D eigenvalue weighted by Crippen LogP contribution is 2.61. The Balaban J connectivity index is 1.70. The monoisotopic (exact) mass is 577 g/mol. The van der Waals surface area contributed by atoms with Crippen LogP contribution in [-0.2, 0) is 19.9 Å². The number of carbonyl (C=O) groups excluding carboxylic acids is 2. The van der Waals surface area contributed by atoms with Gasteiger partial charge in [-0.05, 0) is 24.3 Å². The minimum absolute atomic E-state index is 0.0393. The Labute approximate surface area is 223 Å². The van der Waals surface area contributed by atoms with Gasteiger partial charge in [0.25, 0.3) is 11.8 Å². The highest BCUT2D eigenvalue weighted by atomic mass is 35.5. The lowest BCUT2D eigenvalue weighted by Gasteiger charge is -2.36. The third-order valence-corrected chi connectivity index (χ3v) is 8.43. The van der Waals surface area contributed by atoms with Crippen LogP contribution in [0.25, 0.3) is 0 Å². The number of anilines is 2. The first kappa shape index (κ1) is 25.5. The zero-order valence-electron chi connectivity index (χ0n) is 18.4. The molecule has 2 saturated heterocycles. The van der Waals surface area contributed by atoms with Crippen molar-refractivity contribution in [1.82, 2.24) is 4.90 Å². The van der Waals surface area contributed by atoms with E-state index in [0.717, 1.165) is 9.80 Å². The van der Waals surface area contributed by atoms with E-state index in [4.69, 9.17) is 46.4 Å². The fraction of sp³-hybridized carbons (Fsp3) is 0.348. The van der Waals surface area contributed by atoms with Crippen molar-refractivity contribution in [3.63, 3.8) is 0 Å². The van der Waals surface area contributed by atoms with E-state index < -0.39 is 60.1 Å². The fourth-order valence-electron chi connectivity index (χ4n) is 5.85. The lowest BCUT2D eigenvalue weighted by atomic mass is 9.73. The number of carboxylic acid groups (broad SMARTS) is 1. The number of alkyl halides is 2. The normalized spacial score (nSPS) is 28.2. The molecule has 3 aliphatic rings. The predicted octanol–water partition coefficient (Wildman–Crippen LogP) is 5.15. The average molecular weight is 579 g/mol. The number of aliphatic carboxylic acids is 1. The van der Waals surface area contributed by atoms with Crippen LogP contribution in [0.1, 0.15) is 12.0 Å². The van der Waals surface area contributed by atoms with Gasteiger partial charge in [0, 0.05) is 40.8 Å². The lowest BCUT2D eigenvalue weighted by Crippen LogP contribution is -2.54. The fourth-order valence-corrected chi connectivity index (χ4v) is 6.74. The Kier molecular flexibility index (Phi) is 5.96. The molecule has 0 aromatic heterocycles. The number of hydrogen-bond acceptors (Lipinski definition) is 4. The molecule has 0 saturated carbocycles. The molecule has 3 heterocycles. The van der Waals surface area contributed by atoms with Crippen LogP contribution in [0.4, 0.5) is 20.2 Å². The van der Waals surface area contributed by atoms with Crippen molar-refractivity contribution in [2.45, 2.75) is 23.9 Å². The molecule has 3 aliphatic heterocycles. The summed E-state index contributed by atoms with van der Waals surface area (Å²) in [6.07, 6.45) is -0.803. The quantitative estimate of drug-likeness (QED) is 0.526. The summed E-state index contributed by atoms with van der Waals surface area (Å²) >= 11 is 24.5. The lowest BCUT2D eigenvalue weighted by molar-refractivity contribution is -0.153. The Bertz CT molecular complexity index is 1320. The van der Waals surface area contributed by atoms with E-state index in [0.29, 0.717) is 0 Å². The summed E-state index contributed by atoms with van der Waals surface area (Å²) < 4.78 is 29.6. The van der Waals surface area contributed by atoms with Gasteiger partial charge in [-0.15, -0.1) is 0 Å². The van der Waals surface area contributed by atoms with Gasteiger partial charge in [0.1, 0.15) is 11.5 Å². The van der Waals surface area contributed by atoms with Crippen molar-refractivity contribution < 1.29 is 28.3 Å². The number of nitrogens with zero attached hydrogens (tertiary/aromatic N) is 2. The first-order valence-electron chi connectivity index (χ1n) is 10.7. The number of rotatable bonds is 3. The smallest absolute Gasteiger partial charge is 0.310 e. The minimum atomic E-state index is -3.27. The molecule has 2 amide bonds. The number of carbonyl (C=O) groups is 3.